The van der Waals surface area contributed by atoms with Gasteiger partial charge in [-0.05, 0) is 18.8 Å². The lowest BCUT2D eigenvalue weighted by atomic mass is 10.1. The number of hydrogen-bond donors (Lipinski definition) is 0. The lowest BCUT2D eigenvalue weighted by Gasteiger charge is -2.12. The van der Waals surface area contributed by atoms with Crippen molar-refractivity contribution in [3.8, 4) is 0 Å². The summed E-state index contributed by atoms with van der Waals surface area (Å²) in [6, 6.07) is 0.608. The van der Waals surface area contributed by atoms with Gasteiger partial charge in [0, 0.05) is 17.9 Å². The third-order valence-corrected chi connectivity index (χ3v) is 4.58. The molecule has 0 aliphatic heterocycles. The van der Waals surface area contributed by atoms with Gasteiger partial charge in [-0.25, -0.2) is 19.0 Å². The van der Waals surface area contributed by atoms with Gasteiger partial charge >= 0.3 is 0 Å². The topological polar surface area (TPSA) is 48.5 Å². The molecule has 2 aromatic heterocycles. The minimum absolute atomic E-state index is 0.268. The Labute approximate surface area is 128 Å². The van der Waals surface area contributed by atoms with Crippen molar-refractivity contribution in [2.45, 2.75) is 56.1 Å². The number of alkyl halides is 1. The van der Waals surface area contributed by atoms with Crippen LogP contribution in [0.2, 0.25) is 0 Å². The van der Waals surface area contributed by atoms with Crippen LogP contribution >= 0.6 is 11.8 Å². The van der Waals surface area contributed by atoms with Gasteiger partial charge in [0.05, 0.1) is 12.3 Å². The first kappa shape index (κ1) is 14.6. The summed E-state index contributed by atoms with van der Waals surface area (Å²) in [5, 5.41) is 5.08. The molecule has 5 nitrogen and oxygen atoms in total. The molecule has 0 radical (unpaired) electrons. The van der Waals surface area contributed by atoms with Crippen LogP contribution in [0, 0.1) is 0 Å². The Morgan fingerprint density at radius 1 is 1.38 bits per heavy atom. The molecule has 0 aromatic carbocycles. The lowest BCUT2D eigenvalue weighted by Crippen LogP contribution is -2.07. The van der Waals surface area contributed by atoms with E-state index in [1.165, 1.54) is 24.9 Å². The Kier molecular flexibility index (Phi) is 4.28. The van der Waals surface area contributed by atoms with E-state index < -0.39 is 6.67 Å². The molecule has 0 saturated heterocycles. The summed E-state index contributed by atoms with van der Waals surface area (Å²) in [5.74, 6) is 1.94. The largest absolute Gasteiger partial charge is 0.320 e. The van der Waals surface area contributed by atoms with Gasteiger partial charge in [0.1, 0.15) is 18.8 Å². The van der Waals surface area contributed by atoms with Crippen molar-refractivity contribution < 1.29 is 4.39 Å². The molecule has 0 atom stereocenters. The second kappa shape index (κ2) is 6.17. The van der Waals surface area contributed by atoms with Crippen molar-refractivity contribution in [3.05, 3.63) is 24.0 Å². The Morgan fingerprint density at radius 2 is 2.19 bits per heavy atom. The summed E-state index contributed by atoms with van der Waals surface area (Å²) < 4.78 is 16.5. The van der Waals surface area contributed by atoms with E-state index in [2.05, 4.69) is 33.5 Å². The maximum absolute atomic E-state index is 12.5. The Hall–Kier alpha value is -1.37. The molecule has 114 valence electrons. The number of aryl methyl sites for hydroxylation is 1. The highest BCUT2D eigenvalue weighted by Crippen LogP contribution is 2.41. The maximum Gasteiger partial charge on any atom is 0.168 e. The SMILES string of the molecule is CC(C)c1cnc(SCc2ncnn2CCF)n1C1CC1. The molecule has 1 aliphatic rings. The number of nitrogens with zero attached hydrogens (tertiary/aromatic N) is 5. The summed E-state index contributed by atoms with van der Waals surface area (Å²) in [5.41, 5.74) is 1.30. The highest BCUT2D eigenvalue weighted by molar-refractivity contribution is 7.98. The number of rotatable bonds is 7. The van der Waals surface area contributed by atoms with Crippen LogP contribution in [0.4, 0.5) is 4.39 Å². The molecule has 3 rings (SSSR count). The molecule has 0 bridgehead atoms. The zero-order chi connectivity index (χ0) is 14.8. The highest BCUT2D eigenvalue weighted by Gasteiger charge is 2.29. The average molecular weight is 309 g/mol. The normalized spacial score (nSPS) is 15.0. The van der Waals surface area contributed by atoms with Gasteiger partial charge in [-0.15, -0.1) is 0 Å². The molecule has 1 aliphatic carbocycles. The van der Waals surface area contributed by atoms with E-state index in [-0.39, 0.29) is 6.54 Å². The van der Waals surface area contributed by atoms with Gasteiger partial charge in [-0.3, -0.25) is 0 Å². The van der Waals surface area contributed by atoms with E-state index in [4.69, 9.17) is 0 Å². The third-order valence-electron chi connectivity index (χ3n) is 3.62. The second-order valence-electron chi connectivity index (χ2n) is 5.60. The van der Waals surface area contributed by atoms with E-state index in [9.17, 15) is 4.39 Å². The van der Waals surface area contributed by atoms with Crippen LogP contribution in [0.3, 0.4) is 0 Å². The third kappa shape index (κ3) is 3.12. The van der Waals surface area contributed by atoms with Crippen LogP contribution in [0.1, 0.15) is 50.2 Å². The number of thioether (sulfide) groups is 1. The van der Waals surface area contributed by atoms with Crippen LogP contribution in [0.25, 0.3) is 0 Å². The summed E-state index contributed by atoms with van der Waals surface area (Å²) in [6.07, 6.45) is 5.94. The predicted molar refractivity (Wildman–Crippen MR) is 80.1 cm³/mol. The molecule has 1 fully saturated rings. The fourth-order valence-corrected chi connectivity index (χ4v) is 3.39. The molecule has 0 spiro atoms. The fourth-order valence-electron chi connectivity index (χ4n) is 2.39. The van der Waals surface area contributed by atoms with Crippen molar-refractivity contribution in [1.29, 1.82) is 0 Å². The minimum Gasteiger partial charge on any atom is -0.320 e. The first-order valence-electron chi connectivity index (χ1n) is 7.33. The summed E-state index contributed by atoms with van der Waals surface area (Å²) in [6.45, 7) is 4.24. The fraction of sp³-hybridized carbons (Fsp3) is 0.643. The molecule has 2 heterocycles. The zero-order valence-corrected chi connectivity index (χ0v) is 13.2. The van der Waals surface area contributed by atoms with Crippen molar-refractivity contribution in [2.75, 3.05) is 6.67 Å². The Bertz CT molecular complexity index is 602. The number of aromatic nitrogens is 5. The zero-order valence-electron chi connectivity index (χ0n) is 12.4. The van der Waals surface area contributed by atoms with Gasteiger partial charge in [-0.1, -0.05) is 25.6 Å². The van der Waals surface area contributed by atoms with Crippen molar-refractivity contribution in [1.82, 2.24) is 24.3 Å². The van der Waals surface area contributed by atoms with Crippen molar-refractivity contribution in [3.63, 3.8) is 0 Å². The molecule has 7 heteroatoms. The van der Waals surface area contributed by atoms with Gasteiger partial charge in [0.2, 0.25) is 0 Å². The highest BCUT2D eigenvalue weighted by atomic mass is 32.2. The molecular formula is C14H20FN5S. The van der Waals surface area contributed by atoms with E-state index in [1.54, 1.807) is 16.4 Å². The Morgan fingerprint density at radius 3 is 2.86 bits per heavy atom. The monoisotopic (exact) mass is 309 g/mol. The quantitative estimate of drug-likeness (QED) is 0.737. The van der Waals surface area contributed by atoms with Crippen LogP contribution in [-0.4, -0.2) is 31.0 Å². The van der Waals surface area contributed by atoms with E-state index in [0.717, 1.165) is 11.0 Å². The van der Waals surface area contributed by atoms with E-state index >= 15 is 0 Å². The Balaban J connectivity index is 1.74. The smallest absolute Gasteiger partial charge is 0.168 e. The van der Waals surface area contributed by atoms with Crippen LogP contribution in [-0.2, 0) is 12.3 Å². The van der Waals surface area contributed by atoms with Crippen LogP contribution in [0.15, 0.2) is 17.7 Å². The van der Waals surface area contributed by atoms with Crippen molar-refractivity contribution in [2.24, 2.45) is 0 Å². The van der Waals surface area contributed by atoms with E-state index in [1.807, 2.05) is 6.20 Å². The van der Waals surface area contributed by atoms with Crippen LogP contribution < -0.4 is 0 Å². The maximum atomic E-state index is 12.5. The summed E-state index contributed by atoms with van der Waals surface area (Å²) >= 11 is 1.66. The van der Waals surface area contributed by atoms with Gasteiger partial charge < -0.3 is 4.57 Å². The number of halogens is 1. The lowest BCUT2D eigenvalue weighted by molar-refractivity contribution is 0.421. The van der Waals surface area contributed by atoms with Gasteiger partial charge in [-0.2, -0.15) is 5.10 Å². The van der Waals surface area contributed by atoms with Gasteiger partial charge in [0.15, 0.2) is 5.16 Å². The van der Waals surface area contributed by atoms with Crippen LogP contribution in [0.5, 0.6) is 0 Å². The number of imidazole rings is 1. The number of hydrogen-bond acceptors (Lipinski definition) is 4. The first-order chi connectivity index (χ1) is 10.2. The molecule has 21 heavy (non-hydrogen) atoms. The molecular weight excluding hydrogens is 289 g/mol. The molecule has 1 saturated carbocycles. The summed E-state index contributed by atoms with van der Waals surface area (Å²) in [7, 11) is 0. The van der Waals surface area contributed by atoms with Gasteiger partial charge in [0.25, 0.3) is 0 Å². The molecule has 0 N–H and O–H groups in total. The molecule has 0 amide bonds. The molecule has 0 unspecified atom stereocenters. The average Bonchev–Trinajstić information content (AvgIpc) is 3.05. The molecule has 2 aromatic rings. The second-order valence-corrected chi connectivity index (χ2v) is 6.54. The first-order valence-corrected chi connectivity index (χ1v) is 8.31. The minimum atomic E-state index is -0.421. The summed E-state index contributed by atoms with van der Waals surface area (Å²) in [4.78, 5) is 8.78. The van der Waals surface area contributed by atoms with Crippen molar-refractivity contribution >= 4 is 11.8 Å². The van der Waals surface area contributed by atoms with E-state index in [0.29, 0.717) is 17.7 Å². The standard InChI is InChI=1S/C14H20FN5S/c1-10(2)12-7-16-14(20(12)11-3-4-11)21-8-13-17-9-18-19(13)6-5-15/h7,9-11H,3-6,8H2,1-2H3. The predicted octanol–water partition coefficient (Wildman–Crippen LogP) is 3.19.